The molecule has 0 saturated heterocycles. The molecule has 1 heteroatoms. The highest BCUT2D eigenvalue weighted by atomic mass is 32.1. The lowest BCUT2D eigenvalue weighted by molar-refractivity contribution is 1.33. The second-order valence-electron chi connectivity index (χ2n) is 2.86. The average molecular weight is 164 g/mol. The normalized spacial score (nSPS) is 9.73. The summed E-state index contributed by atoms with van der Waals surface area (Å²) < 4.78 is 0. The van der Waals surface area contributed by atoms with Crippen LogP contribution in [0.25, 0.3) is 0 Å². The molecule has 1 aromatic rings. The number of hydrogen-bond donors (Lipinski definition) is 0. The zero-order chi connectivity index (χ0) is 8.43. The van der Waals surface area contributed by atoms with Crippen molar-refractivity contribution in [3.05, 3.63) is 34.9 Å². The second kappa shape index (κ2) is 3.14. The van der Waals surface area contributed by atoms with E-state index < -0.39 is 0 Å². The molecular formula is C10H12S. The van der Waals surface area contributed by atoms with Gasteiger partial charge in [0.25, 0.3) is 0 Å². The number of thiocarbonyl (C=S) groups is 1. The van der Waals surface area contributed by atoms with Crippen molar-refractivity contribution in [1.82, 2.24) is 0 Å². The maximum absolute atomic E-state index is 5.06. The molecule has 1 aromatic carbocycles. The van der Waals surface area contributed by atoms with Gasteiger partial charge in [0.05, 0.1) is 0 Å². The van der Waals surface area contributed by atoms with Gasteiger partial charge in [-0.2, -0.15) is 0 Å². The topological polar surface area (TPSA) is 0 Å². The van der Waals surface area contributed by atoms with Crippen LogP contribution in [0.5, 0.6) is 0 Å². The molecule has 11 heavy (non-hydrogen) atoms. The minimum atomic E-state index is 0.966. The van der Waals surface area contributed by atoms with Gasteiger partial charge in [-0.05, 0) is 37.5 Å². The summed E-state index contributed by atoms with van der Waals surface area (Å²) in [7, 11) is 0. The van der Waals surface area contributed by atoms with Crippen molar-refractivity contribution < 1.29 is 0 Å². The summed E-state index contributed by atoms with van der Waals surface area (Å²) in [6, 6.07) is 6.32. The van der Waals surface area contributed by atoms with Crippen LogP contribution in [0.15, 0.2) is 18.2 Å². The molecule has 0 aromatic heterocycles. The van der Waals surface area contributed by atoms with Gasteiger partial charge in [0, 0.05) is 4.86 Å². The van der Waals surface area contributed by atoms with Crippen LogP contribution in [0.3, 0.4) is 0 Å². The fourth-order valence-electron chi connectivity index (χ4n) is 0.960. The molecule has 58 valence electrons. The van der Waals surface area contributed by atoms with Gasteiger partial charge in [0.15, 0.2) is 0 Å². The molecule has 0 bridgehead atoms. The van der Waals surface area contributed by atoms with E-state index in [-0.39, 0.29) is 0 Å². The van der Waals surface area contributed by atoms with Gasteiger partial charge in [-0.1, -0.05) is 30.4 Å². The first-order valence-electron chi connectivity index (χ1n) is 3.69. The number of benzene rings is 1. The minimum absolute atomic E-state index is 0.966. The molecule has 0 N–H and O–H groups in total. The van der Waals surface area contributed by atoms with Crippen molar-refractivity contribution in [2.75, 3.05) is 0 Å². The van der Waals surface area contributed by atoms with Crippen molar-refractivity contribution in [2.45, 2.75) is 20.8 Å². The van der Waals surface area contributed by atoms with Gasteiger partial charge < -0.3 is 0 Å². The van der Waals surface area contributed by atoms with Crippen LogP contribution < -0.4 is 0 Å². The Labute approximate surface area is 73.2 Å². The van der Waals surface area contributed by atoms with E-state index >= 15 is 0 Å². The van der Waals surface area contributed by atoms with E-state index in [9.17, 15) is 0 Å². The summed E-state index contributed by atoms with van der Waals surface area (Å²) in [5.41, 5.74) is 3.81. The first-order chi connectivity index (χ1) is 5.11. The van der Waals surface area contributed by atoms with Gasteiger partial charge in [-0.25, -0.2) is 0 Å². The Bertz CT molecular complexity index is 287. The van der Waals surface area contributed by atoms with Crippen LogP contribution in [0.4, 0.5) is 0 Å². The Morgan fingerprint density at radius 1 is 1.18 bits per heavy atom. The van der Waals surface area contributed by atoms with Crippen molar-refractivity contribution in [1.29, 1.82) is 0 Å². The fraction of sp³-hybridized carbons (Fsp3) is 0.300. The van der Waals surface area contributed by atoms with E-state index in [0.29, 0.717) is 0 Å². The van der Waals surface area contributed by atoms with Gasteiger partial charge >= 0.3 is 0 Å². The largest absolute Gasteiger partial charge is 0.0846 e. The first kappa shape index (κ1) is 8.41. The summed E-state index contributed by atoms with van der Waals surface area (Å²) in [5.74, 6) is 0. The highest BCUT2D eigenvalue weighted by molar-refractivity contribution is 7.80. The number of hydrogen-bond acceptors (Lipinski definition) is 1. The van der Waals surface area contributed by atoms with Crippen molar-refractivity contribution in [3.8, 4) is 0 Å². The third kappa shape index (κ3) is 1.87. The molecule has 0 atom stereocenters. The summed E-state index contributed by atoms with van der Waals surface area (Å²) in [5, 5.41) is 0. The molecule has 0 spiro atoms. The summed E-state index contributed by atoms with van der Waals surface area (Å²) in [6.45, 7) is 6.17. The third-order valence-electron chi connectivity index (χ3n) is 1.91. The molecule has 0 radical (unpaired) electrons. The second-order valence-corrected chi connectivity index (χ2v) is 3.47. The number of rotatable bonds is 1. The molecule has 0 heterocycles. The van der Waals surface area contributed by atoms with E-state index in [1.54, 1.807) is 0 Å². The zero-order valence-corrected chi connectivity index (χ0v) is 7.96. The maximum Gasteiger partial charge on any atom is 0.0193 e. The highest BCUT2D eigenvalue weighted by Gasteiger charge is 1.96. The molecule has 0 nitrogen and oxygen atoms in total. The van der Waals surface area contributed by atoms with Crippen LogP contribution in [-0.4, -0.2) is 4.86 Å². The van der Waals surface area contributed by atoms with E-state index in [1.165, 1.54) is 16.7 Å². The molecule has 0 aliphatic heterocycles. The Hall–Kier alpha value is -0.690. The fourth-order valence-corrected chi connectivity index (χ4v) is 1.09. The Kier molecular flexibility index (Phi) is 2.40. The molecule has 0 saturated carbocycles. The highest BCUT2D eigenvalue weighted by Crippen LogP contribution is 2.10. The van der Waals surface area contributed by atoms with Crippen molar-refractivity contribution in [3.63, 3.8) is 0 Å². The SMILES string of the molecule is CC(=S)c1ccc(C)c(C)c1. The Morgan fingerprint density at radius 3 is 2.27 bits per heavy atom. The third-order valence-corrected chi connectivity index (χ3v) is 2.15. The zero-order valence-electron chi connectivity index (χ0n) is 7.14. The molecule has 0 aliphatic rings. The molecular weight excluding hydrogens is 152 g/mol. The van der Waals surface area contributed by atoms with E-state index in [2.05, 4.69) is 32.0 Å². The number of aryl methyl sites for hydroxylation is 2. The van der Waals surface area contributed by atoms with Gasteiger partial charge in [-0.3, -0.25) is 0 Å². The molecule has 1 rings (SSSR count). The standard InChI is InChI=1S/C10H12S/c1-7-4-5-10(9(3)11)6-8(7)2/h4-6H,1-3H3. The maximum atomic E-state index is 5.06. The first-order valence-corrected chi connectivity index (χ1v) is 4.10. The summed E-state index contributed by atoms with van der Waals surface area (Å²) in [6.07, 6.45) is 0. The lowest BCUT2D eigenvalue weighted by Gasteiger charge is -2.02. The molecule has 0 fully saturated rings. The van der Waals surface area contributed by atoms with E-state index in [0.717, 1.165) is 4.86 Å². The van der Waals surface area contributed by atoms with Gasteiger partial charge in [0.1, 0.15) is 0 Å². The van der Waals surface area contributed by atoms with Crippen molar-refractivity contribution in [2.24, 2.45) is 0 Å². The van der Waals surface area contributed by atoms with Gasteiger partial charge in [-0.15, -0.1) is 0 Å². The quantitative estimate of drug-likeness (QED) is 0.454. The predicted octanol–water partition coefficient (Wildman–Crippen LogP) is 3.04. The molecule has 0 aliphatic carbocycles. The summed E-state index contributed by atoms with van der Waals surface area (Å²) in [4.78, 5) is 0.966. The lowest BCUT2D eigenvalue weighted by atomic mass is 10.1. The average Bonchev–Trinajstić information content (AvgIpc) is 1.94. The van der Waals surface area contributed by atoms with Crippen LogP contribution in [0.2, 0.25) is 0 Å². The van der Waals surface area contributed by atoms with Crippen LogP contribution in [0, 0.1) is 13.8 Å². The molecule has 0 unspecified atom stereocenters. The van der Waals surface area contributed by atoms with E-state index in [1.807, 2.05) is 6.92 Å². The van der Waals surface area contributed by atoms with Crippen molar-refractivity contribution >= 4 is 17.1 Å². The van der Waals surface area contributed by atoms with Crippen LogP contribution >= 0.6 is 12.2 Å². The smallest absolute Gasteiger partial charge is 0.0193 e. The Balaban J connectivity index is 3.15. The van der Waals surface area contributed by atoms with Crippen LogP contribution in [-0.2, 0) is 0 Å². The van der Waals surface area contributed by atoms with Crippen LogP contribution in [0.1, 0.15) is 23.6 Å². The lowest BCUT2D eigenvalue weighted by Crippen LogP contribution is -1.91. The molecule has 0 amide bonds. The monoisotopic (exact) mass is 164 g/mol. The predicted molar refractivity (Wildman–Crippen MR) is 53.3 cm³/mol. The minimum Gasteiger partial charge on any atom is -0.0846 e. The summed E-state index contributed by atoms with van der Waals surface area (Å²) >= 11 is 5.06. The Morgan fingerprint density at radius 2 is 1.82 bits per heavy atom. The van der Waals surface area contributed by atoms with Gasteiger partial charge in [0.2, 0.25) is 0 Å². The van der Waals surface area contributed by atoms with E-state index in [4.69, 9.17) is 12.2 Å².